The molecule has 7 heteroatoms. The van der Waals surface area contributed by atoms with Crippen LogP contribution < -0.4 is 16.4 Å². The molecule has 1 aromatic heterocycles. The average Bonchev–Trinajstić information content (AvgIpc) is 2.59. The van der Waals surface area contributed by atoms with E-state index in [2.05, 4.69) is 27.5 Å². The number of carbonyl (C=O) groups is 1. The van der Waals surface area contributed by atoms with Crippen LogP contribution in [0.2, 0.25) is 0 Å². The number of anilines is 3. The summed E-state index contributed by atoms with van der Waals surface area (Å²) in [5, 5.41) is 6.10. The van der Waals surface area contributed by atoms with Crippen LogP contribution >= 0.6 is 0 Å². The van der Waals surface area contributed by atoms with Crippen molar-refractivity contribution >= 4 is 23.5 Å². The third-order valence-corrected chi connectivity index (χ3v) is 4.34. The molecule has 1 atom stereocenters. The molecule has 6 nitrogen and oxygen atoms in total. The minimum absolute atomic E-state index is 0.122. The molecule has 0 fully saturated rings. The summed E-state index contributed by atoms with van der Waals surface area (Å²) in [6.07, 6.45) is 3.74. The lowest BCUT2D eigenvalue weighted by Gasteiger charge is -2.26. The number of carbonyl (C=O) groups excluding carboxylic acids is 1. The molecule has 1 unspecified atom stereocenters. The molecule has 25 heavy (non-hydrogen) atoms. The lowest BCUT2D eigenvalue weighted by molar-refractivity contribution is -0.117. The van der Waals surface area contributed by atoms with E-state index in [1.165, 1.54) is 12.1 Å². The summed E-state index contributed by atoms with van der Waals surface area (Å²) in [6, 6.07) is 6.00. The summed E-state index contributed by atoms with van der Waals surface area (Å²) in [5.74, 6) is 0.331. The normalized spacial score (nSPS) is 16.2. The van der Waals surface area contributed by atoms with Crippen LogP contribution in [-0.2, 0) is 11.2 Å². The predicted molar refractivity (Wildman–Crippen MR) is 95.9 cm³/mol. The quantitative estimate of drug-likeness (QED) is 0.701. The Morgan fingerprint density at radius 2 is 2.04 bits per heavy atom. The van der Waals surface area contributed by atoms with Crippen LogP contribution in [0.1, 0.15) is 43.2 Å². The summed E-state index contributed by atoms with van der Waals surface area (Å²) in [7, 11) is 0. The SMILES string of the molecule is CCCCCNc1nc(N)nc2c1CC(c1ccc(F)cc1)C(=O)N2. The fourth-order valence-electron chi connectivity index (χ4n) is 2.99. The number of unbranched alkanes of at least 4 members (excludes halogenated alkanes) is 2. The molecule has 0 spiro atoms. The Balaban J connectivity index is 1.86. The van der Waals surface area contributed by atoms with Gasteiger partial charge in [-0.25, -0.2) is 4.39 Å². The van der Waals surface area contributed by atoms with Crippen molar-refractivity contribution < 1.29 is 9.18 Å². The summed E-state index contributed by atoms with van der Waals surface area (Å²) >= 11 is 0. The van der Waals surface area contributed by atoms with Gasteiger partial charge in [-0.2, -0.15) is 9.97 Å². The molecule has 1 aliphatic heterocycles. The lowest BCUT2D eigenvalue weighted by atomic mass is 9.89. The van der Waals surface area contributed by atoms with E-state index in [0.717, 1.165) is 36.9 Å². The summed E-state index contributed by atoms with van der Waals surface area (Å²) < 4.78 is 13.2. The van der Waals surface area contributed by atoms with E-state index in [9.17, 15) is 9.18 Å². The van der Waals surface area contributed by atoms with Crippen molar-refractivity contribution in [2.45, 2.75) is 38.5 Å². The third kappa shape index (κ3) is 3.87. The topological polar surface area (TPSA) is 92.9 Å². The molecular weight excluding hydrogens is 321 g/mol. The van der Waals surface area contributed by atoms with E-state index in [0.29, 0.717) is 18.1 Å². The molecule has 2 heterocycles. The Hall–Kier alpha value is -2.70. The molecule has 0 saturated carbocycles. The number of amides is 1. The molecule has 0 aliphatic carbocycles. The van der Waals surface area contributed by atoms with Gasteiger partial charge in [-0.3, -0.25) is 4.79 Å². The van der Waals surface area contributed by atoms with Crippen LogP contribution in [-0.4, -0.2) is 22.4 Å². The minimum atomic E-state index is -0.406. The first-order valence-corrected chi connectivity index (χ1v) is 8.55. The Labute approximate surface area is 146 Å². The molecular formula is C18H22FN5O. The van der Waals surface area contributed by atoms with Crippen molar-refractivity contribution in [3.63, 3.8) is 0 Å². The highest BCUT2D eigenvalue weighted by Crippen LogP contribution is 2.34. The molecule has 1 aromatic carbocycles. The van der Waals surface area contributed by atoms with Gasteiger partial charge in [0.15, 0.2) is 0 Å². The second-order valence-electron chi connectivity index (χ2n) is 6.19. The Morgan fingerprint density at radius 3 is 2.76 bits per heavy atom. The standard InChI is InChI=1S/C18H22FN5O/c1-2-3-4-9-21-15-14-10-13(11-5-7-12(19)8-6-11)17(25)22-16(14)24-18(20)23-15/h5-8,13H,2-4,9-10H2,1H3,(H4,20,21,22,23,24,25). The number of halogens is 1. The first-order chi connectivity index (χ1) is 12.1. The number of fused-ring (bicyclic) bond motifs is 1. The van der Waals surface area contributed by atoms with Gasteiger partial charge in [-0.05, 0) is 30.5 Å². The van der Waals surface area contributed by atoms with Crippen molar-refractivity contribution in [1.82, 2.24) is 9.97 Å². The summed E-state index contributed by atoms with van der Waals surface area (Å²) in [6.45, 7) is 2.93. The average molecular weight is 343 g/mol. The van der Waals surface area contributed by atoms with E-state index in [1.54, 1.807) is 12.1 Å². The van der Waals surface area contributed by atoms with Crippen molar-refractivity contribution in [2.75, 3.05) is 22.9 Å². The van der Waals surface area contributed by atoms with Crippen LogP contribution in [0.15, 0.2) is 24.3 Å². The molecule has 0 bridgehead atoms. The van der Waals surface area contributed by atoms with Gasteiger partial charge < -0.3 is 16.4 Å². The van der Waals surface area contributed by atoms with Crippen molar-refractivity contribution in [1.29, 1.82) is 0 Å². The largest absolute Gasteiger partial charge is 0.370 e. The fraction of sp³-hybridized carbons (Fsp3) is 0.389. The first kappa shape index (κ1) is 17.1. The Kier molecular flexibility index (Phi) is 5.11. The van der Waals surface area contributed by atoms with E-state index in [-0.39, 0.29) is 17.7 Å². The minimum Gasteiger partial charge on any atom is -0.370 e. The smallest absolute Gasteiger partial charge is 0.233 e. The zero-order valence-electron chi connectivity index (χ0n) is 14.2. The number of hydrogen-bond donors (Lipinski definition) is 3. The monoisotopic (exact) mass is 343 g/mol. The van der Waals surface area contributed by atoms with E-state index >= 15 is 0 Å². The van der Waals surface area contributed by atoms with Gasteiger partial charge in [0.25, 0.3) is 0 Å². The number of nitrogens with one attached hydrogen (secondary N) is 2. The summed E-state index contributed by atoms with van der Waals surface area (Å²) in [4.78, 5) is 20.9. The predicted octanol–water partition coefficient (Wildman–Crippen LogP) is 3.08. The highest BCUT2D eigenvalue weighted by atomic mass is 19.1. The first-order valence-electron chi connectivity index (χ1n) is 8.55. The van der Waals surface area contributed by atoms with Crippen LogP contribution in [0.25, 0.3) is 0 Å². The van der Waals surface area contributed by atoms with Gasteiger partial charge in [0.05, 0.1) is 5.92 Å². The highest BCUT2D eigenvalue weighted by Gasteiger charge is 2.31. The molecule has 4 N–H and O–H groups in total. The van der Waals surface area contributed by atoms with Crippen molar-refractivity contribution in [2.24, 2.45) is 0 Å². The number of nitrogens with two attached hydrogens (primary N) is 1. The second kappa shape index (κ2) is 7.46. The van der Waals surface area contributed by atoms with Gasteiger partial charge in [0.1, 0.15) is 17.5 Å². The summed E-state index contributed by atoms with van der Waals surface area (Å²) in [5.41, 5.74) is 7.36. The number of rotatable bonds is 6. The van der Waals surface area contributed by atoms with Gasteiger partial charge in [0.2, 0.25) is 11.9 Å². The molecule has 0 radical (unpaired) electrons. The molecule has 0 saturated heterocycles. The maximum absolute atomic E-state index is 13.2. The van der Waals surface area contributed by atoms with Gasteiger partial charge in [0, 0.05) is 12.1 Å². The second-order valence-corrected chi connectivity index (χ2v) is 6.19. The third-order valence-electron chi connectivity index (χ3n) is 4.34. The van der Waals surface area contributed by atoms with E-state index < -0.39 is 5.92 Å². The zero-order chi connectivity index (χ0) is 17.8. The maximum atomic E-state index is 13.2. The fourth-order valence-corrected chi connectivity index (χ4v) is 2.99. The number of nitrogen functional groups attached to an aromatic ring is 1. The van der Waals surface area contributed by atoms with Crippen LogP contribution in [0, 0.1) is 5.82 Å². The molecule has 132 valence electrons. The van der Waals surface area contributed by atoms with E-state index in [4.69, 9.17) is 5.73 Å². The molecule has 1 aliphatic rings. The number of benzene rings is 1. The van der Waals surface area contributed by atoms with Gasteiger partial charge in [-0.15, -0.1) is 0 Å². The molecule has 3 rings (SSSR count). The van der Waals surface area contributed by atoms with E-state index in [1.807, 2.05) is 0 Å². The highest BCUT2D eigenvalue weighted by molar-refractivity contribution is 5.99. The van der Waals surface area contributed by atoms with Gasteiger partial charge >= 0.3 is 0 Å². The van der Waals surface area contributed by atoms with Crippen LogP contribution in [0.5, 0.6) is 0 Å². The number of nitrogens with zero attached hydrogens (tertiary/aromatic N) is 2. The van der Waals surface area contributed by atoms with Crippen LogP contribution in [0.4, 0.5) is 22.0 Å². The zero-order valence-corrected chi connectivity index (χ0v) is 14.2. The number of aromatic nitrogens is 2. The van der Waals surface area contributed by atoms with Crippen molar-refractivity contribution in [3.05, 3.63) is 41.2 Å². The lowest BCUT2D eigenvalue weighted by Crippen LogP contribution is -2.30. The Bertz CT molecular complexity index is 763. The molecule has 1 amide bonds. The Morgan fingerprint density at radius 1 is 1.28 bits per heavy atom. The maximum Gasteiger partial charge on any atom is 0.233 e. The molecule has 2 aromatic rings. The number of hydrogen-bond acceptors (Lipinski definition) is 5. The van der Waals surface area contributed by atoms with Crippen molar-refractivity contribution in [3.8, 4) is 0 Å². The van der Waals surface area contributed by atoms with Crippen LogP contribution in [0.3, 0.4) is 0 Å². The van der Waals surface area contributed by atoms with Gasteiger partial charge in [-0.1, -0.05) is 31.9 Å².